The van der Waals surface area contributed by atoms with Gasteiger partial charge in [-0.3, -0.25) is 19.4 Å². The summed E-state index contributed by atoms with van der Waals surface area (Å²) in [5, 5.41) is 7.72. The number of hydrogen-bond donors (Lipinski definition) is 3. The molecule has 1 unspecified atom stereocenters. The van der Waals surface area contributed by atoms with Crippen molar-refractivity contribution in [2.24, 2.45) is 5.92 Å². The van der Waals surface area contributed by atoms with E-state index in [0.29, 0.717) is 6.42 Å². The maximum Gasteiger partial charge on any atom is 0.408 e. The van der Waals surface area contributed by atoms with Crippen LogP contribution in [0.1, 0.15) is 31.4 Å². The number of hydrogen-bond acceptors (Lipinski definition) is 6. The molecule has 9 nitrogen and oxygen atoms in total. The molecule has 3 rings (SSSR count). The number of aromatic nitrogens is 1. The summed E-state index contributed by atoms with van der Waals surface area (Å²) in [5.74, 6) is -1.06. The third-order valence-electron chi connectivity index (χ3n) is 5.72. The minimum atomic E-state index is -0.859. The smallest absolute Gasteiger partial charge is 0.408 e. The van der Waals surface area contributed by atoms with E-state index in [0.717, 1.165) is 22.4 Å². The SMILES string of the molecule is CC(C)CC(NC(=O)OCc1ccccc1)C(=O)NCC(=O)CNC(=O)Cc1cccc(-c2ccccn2)c1. The molecule has 0 saturated heterocycles. The Kier molecular flexibility index (Phi) is 11.2. The minimum absolute atomic E-state index is 0.0777. The molecule has 0 bridgehead atoms. The Morgan fingerprint density at radius 1 is 0.846 bits per heavy atom. The molecule has 0 aliphatic heterocycles. The fourth-order valence-electron chi connectivity index (χ4n) is 3.80. The lowest BCUT2D eigenvalue weighted by Crippen LogP contribution is -2.49. The third kappa shape index (κ3) is 10.4. The molecule has 0 saturated carbocycles. The van der Waals surface area contributed by atoms with Crippen LogP contribution in [-0.4, -0.2) is 47.8 Å². The van der Waals surface area contributed by atoms with Gasteiger partial charge in [0.2, 0.25) is 11.8 Å². The highest BCUT2D eigenvalue weighted by atomic mass is 16.5. The molecule has 3 amide bonds. The average Bonchev–Trinajstić information content (AvgIpc) is 2.94. The van der Waals surface area contributed by atoms with Gasteiger partial charge >= 0.3 is 6.09 Å². The van der Waals surface area contributed by atoms with Gasteiger partial charge in [-0.05, 0) is 41.7 Å². The first-order valence-electron chi connectivity index (χ1n) is 12.8. The number of rotatable bonds is 13. The Bertz CT molecular complexity index is 1250. The second-order valence-electron chi connectivity index (χ2n) is 9.51. The predicted octanol–water partition coefficient (Wildman–Crippen LogP) is 3.43. The molecule has 0 aliphatic carbocycles. The fraction of sp³-hybridized carbons (Fsp3) is 0.300. The molecule has 2 aromatic carbocycles. The van der Waals surface area contributed by atoms with Crippen molar-refractivity contribution in [1.82, 2.24) is 20.9 Å². The molecular weight excluding hydrogens is 496 g/mol. The lowest BCUT2D eigenvalue weighted by Gasteiger charge is -2.20. The van der Waals surface area contributed by atoms with Gasteiger partial charge in [0.1, 0.15) is 12.6 Å². The number of alkyl carbamates (subject to hydrolysis) is 1. The molecule has 3 N–H and O–H groups in total. The van der Waals surface area contributed by atoms with E-state index in [1.807, 2.05) is 86.6 Å². The maximum atomic E-state index is 12.7. The summed E-state index contributed by atoms with van der Waals surface area (Å²) in [6.45, 7) is 3.42. The van der Waals surface area contributed by atoms with Crippen molar-refractivity contribution in [1.29, 1.82) is 0 Å². The van der Waals surface area contributed by atoms with Crippen molar-refractivity contribution >= 4 is 23.7 Å². The first-order valence-corrected chi connectivity index (χ1v) is 12.8. The summed E-state index contributed by atoms with van der Waals surface area (Å²) >= 11 is 0. The van der Waals surface area contributed by atoms with Gasteiger partial charge in [-0.1, -0.05) is 68.4 Å². The number of nitrogens with zero attached hydrogens (tertiary/aromatic N) is 1. The number of carbonyl (C=O) groups is 4. The maximum absolute atomic E-state index is 12.7. The average molecular weight is 531 g/mol. The van der Waals surface area contributed by atoms with Crippen LogP contribution in [0.4, 0.5) is 4.79 Å². The lowest BCUT2D eigenvalue weighted by molar-refractivity contribution is -0.127. The largest absolute Gasteiger partial charge is 0.445 e. The number of carbonyl (C=O) groups excluding carboxylic acids is 4. The van der Waals surface area contributed by atoms with Crippen LogP contribution >= 0.6 is 0 Å². The van der Waals surface area contributed by atoms with Crippen molar-refractivity contribution in [2.45, 2.75) is 39.3 Å². The van der Waals surface area contributed by atoms with E-state index in [4.69, 9.17) is 4.74 Å². The van der Waals surface area contributed by atoms with Crippen LogP contribution in [0, 0.1) is 5.92 Å². The molecular formula is C30H34N4O5. The summed E-state index contributed by atoms with van der Waals surface area (Å²) in [6.07, 6.45) is 1.46. The van der Waals surface area contributed by atoms with Crippen LogP contribution in [0.2, 0.25) is 0 Å². The molecule has 9 heteroatoms. The van der Waals surface area contributed by atoms with Gasteiger partial charge in [-0.25, -0.2) is 4.79 Å². The number of pyridine rings is 1. The van der Waals surface area contributed by atoms with Crippen LogP contribution in [0.5, 0.6) is 0 Å². The molecule has 3 aromatic rings. The quantitative estimate of drug-likeness (QED) is 0.311. The summed E-state index contributed by atoms with van der Waals surface area (Å²) in [6, 6.07) is 21.4. The minimum Gasteiger partial charge on any atom is -0.445 e. The van der Waals surface area contributed by atoms with Crippen LogP contribution in [0.3, 0.4) is 0 Å². The third-order valence-corrected chi connectivity index (χ3v) is 5.72. The van der Waals surface area contributed by atoms with Crippen molar-refractivity contribution in [3.63, 3.8) is 0 Å². The molecule has 0 radical (unpaired) electrons. The summed E-state index contributed by atoms with van der Waals surface area (Å²) in [7, 11) is 0. The molecule has 39 heavy (non-hydrogen) atoms. The van der Waals surface area contributed by atoms with Crippen LogP contribution in [0.15, 0.2) is 79.0 Å². The lowest BCUT2D eigenvalue weighted by atomic mass is 10.0. The summed E-state index contributed by atoms with van der Waals surface area (Å²) < 4.78 is 5.21. The van der Waals surface area contributed by atoms with E-state index in [1.165, 1.54) is 0 Å². The number of benzene rings is 2. The first-order chi connectivity index (χ1) is 18.8. The van der Waals surface area contributed by atoms with Crippen LogP contribution in [-0.2, 0) is 32.1 Å². The molecule has 0 fully saturated rings. The van der Waals surface area contributed by atoms with Crippen molar-refractivity contribution in [2.75, 3.05) is 13.1 Å². The predicted molar refractivity (Wildman–Crippen MR) is 147 cm³/mol. The zero-order valence-electron chi connectivity index (χ0n) is 22.2. The van der Waals surface area contributed by atoms with E-state index in [9.17, 15) is 19.2 Å². The number of ether oxygens (including phenoxy) is 1. The Morgan fingerprint density at radius 3 is 2.28 bits per heavy atom. The highest BCUT2D eigenvalue weighted by Gasteiger charge is 2.23. The van der Waals surface area contributed by atoms with Gasteiger partial charge < -0.3 is 20.7 Å². The van der Waals surface area contributed by atoms with Gasteiger partial charge in [0, 0.05) is 11.8 Å². The highest BCUT2D eigenvalue weighted by Crippen LogP contribution is 2.18. The zero-order valence-corrected chi connectivity index (χ0v) is 22.2. The van der Waals surface area contributed by atoms with Crippen molar-refractivity contribution in [3.8, 4) is 11.3 Å². The molecule has 204 valence electrons. The number of Topliss-reactive ketones (excluding diaryl/α,β-unsaturated/α-hetero) is 1. The zero-order chi connectivity index (χ0) is 28.0. The van der Waals surface area contributed by atoms with E-state index >= 15 is 0 Å². The molecule has 1 heterocycles. The monoisotopic (exact) mass is 530 g/mol. The van der Waals surface area contributed by atoms with Gasteiger partial charge in [0.25, 0.3) is 0 Å². The van der Waals surface area contributed by atoms with Gasteiger partial charge in [0.15, 0.2) is 5.78 Å². The molecule has 0 aliphatic rings. The second-order valence-corrected chi connectivity index (χ2v) is 9.51. The highest BCUT2D eigenvalue weighted by molar-refractivity contribution is 5.92. The van der Waals surface area contributed by atoms with Gasteiger partial charge in [0.05, 0.1) is 25.2 Å². The molecule has 1 aromatic heterocycles. The Hall–Kier alpha value is -4.53. The molecule has 1 atom stereocenters. The Morgan fingerprint density at radius 2 is 1.56 bits per heavy atom. The normalized spacial score (nSPS) is 11.4. The Labute approximate surface area is 228 Å². The van der Waals surface area contributed by atoms with E-state index in [2.05, 4.69) is 20.9 Å². The van der Waals surface area contributed by atoms with Crippen LogP contribution in [0.25, 0.3) is 11.3 Å². The van der Waals surface area contributed by atoms with Crippen LogP contribution < -0.4 is 16.0 Å². The van der Waals surface area contributed by atoms with Gasteiger partial charge in [-0.2, -0.15) is 0 Å². The standard InChI is InChI=1S/C30H34N4O5/c1-21(2)15-27(34-30(38)39-20-22-9-4-3-5-10-22)29(37)33-19-25(35)18-32-28(36)17-23-11-8-12-24(16-23)26-13-6-7-14-31-26/h3-14,16,21,27H,15,17-20H2,1-2H3,(H,32,36)(H,33,37)(H,34,38). The second kappa shape index (κ2) is 15.0. The summed E-state index contributed by atoms with van der Waals surface area (Å²) in [4.78, 5) is 54.0. The Balaban J connectivity index is 1.42. The van der Waals surface area contributed by atoms with Crippen molar-refractivity contribution < 1.29 is 23.9 Å². The topological polar surface area (TPSA) is 126 Å². The number of ketones is 1. The van der Waals surface area contributed by atoms with Gasteiger partial charge in [-0.15, -0.1) is 0 Å². The number of amides is 3. The van der Waals surface area contributed by atoms with Crippen molar-refractivity contribution in [3.05, 3.63) is 90.1 Å². The van der Waals surface area contributed by atoms with E-state index in [-0.39, 0.29) is 43.7 Å². The first kappa shape index (κ1) is 29.0. The van der Waals surface area contributed by atoms with E-state index in [1.54, 1.807) is 6.20 Å². The molecule has 0 spiro atoms. The number of nitrogens with one attached hydrogen (secondary N) is 3. The van der Waals surface area contributed by atoms with E-state index < -0.39 is 18.0 Å². The fourth-order valence-corrected chi connectivity index (χ4v) is 3.80. The summed E-state index contributed by atoms with van der Waals surface area (Å²) in [5.41, 5.74) is 3.32.